The van der Waals surface area contributed by atoms with Crippen molar-refractivity contribution in [2.24, 2.45) is 0 Å². The van der Waals surface area contributed by atoms with Crippen LogP contribution in [0.15, 0.2) is 51.3 Å². The Labute approximate surface area is 281 Å². The molecule has 6 rings (SSSR count). The Hall–Kier alpha value is -3.98. The number of nitrogen functional groups attached to an aromatic ring is 2. The molecule has 0 amide bonds. The van der Waals surface area contributed by atoms with Crippen molar-refractivity contribution in [3.8, 4) is 0 Å². The van der Waals surface area contributed by atoms with Crippen LogP contribution in [0.3, 0.4) is 0 Å². The van der Waals surface area contributed by atoms with Gasteiger partial charge in [-0.3, -0.25) is 13.7 Å². The zero-order valence-corrected chi connectivity index (χ0v) is 26.3. The van der Waals surface area contributed by atoms with Crippen LogP contribution in [0.1, 0.15) is 18.7 Å². The van der Waals surface area contributed by atoms with E-state index in [2.05, 4.69) is 15.0 Å². The minimum atomic E-state index is -3.71. The second-order valence-corrected chi connectivity index (χ2v) is 11.8. The molecule has 3 saturated heterocycles. The number of hydrogen-bond donors (Lipinski definition) is 8. The fourth-order valence-electron chi connectivity index (χ4n) is 4.74. The lowest BCUT2D eigenvalue weighted by Crippen LogP contribution is -2.41. The Bertz CT molecular complexity index is 1790. The van der Waals surface area contributed by atoms with Gasteiger partial charge in [-0.25, -0.2) is 23.8 Å². The molecule has 3 aliphatic heterocycles. The monoisotopic (exact) mass is 738 g/mol. The molecular weight excluding hydrogens is 705 g/mol. The summed E-state index contributed by atoms with van der Waals surface area (Å²) in [6, 6.07) is 2.66. The number of aliphatic hydroxyl groups excluding tert-OH is 6. The zero-order valence-electron chi connectivity index (χ0n) is 25.5. The van der Waals surface area contributed by atoms with Crippen molar-refractivity contribution in [2.75, 3.05) is 37.0 Å². The molecule has 24 heteroatoms. The Morgan fingerprint density at radius 2 is 1.56 bits per heavy atom. The third-order valence-electron chi connectivity index (χ3n) is 7.32. The number of anilines is 2. The number of rotatable bonds is 6. The molecule has 3 fully saturated rings. The highest BCUT2D eigenvalue weighted by molar-refractivity contribution is 8.00. The maximum absolute atomic E-state index is 13.7. The number of hydrogen-bond acceptors (Lipinski definition) is 18. The molecular formula is C26H33F3N8O12S. The largest absolute Gasteiger partial charge is 0.394 e. The zero-order chi connectivity index (χ0) is 36.9. The van der Waals surface area contributed by atoms with E-state index in [0.29, 0.717) is 10.3 Å². The van der Waals surface area contributed by atoms with E-state index in [1.54, 1.807) is 0 Å². The summed E-state index contributed by atoms with van der Waals surface area (Å²) in [5, 5.41) is 55.0. The van der Waals surface area contributed by atoms with Gasteiger partial charge in [-0.15, -0.1) is 11.8 Å². The quantitative estimate of drug-likeness (QED) is 0.120. The number of aromatic nitrogens is 6. The van der Waals surface area contributed by atoms with Gasteiger partial charge in [-0.05, 0) is 12.1 Å². The van der Waals surface area contributed by atoms with Crippen molar-refractivity contribution >= 4 is 23.4 Å². The lowest BCUT2D eigenvalue weighted by molar-refractivity contribution is -0.140. The van der Waals surface area contributed by atoms with Gasteiger partial charge in [0.05, 0.1) is 26.0 Å². The molecule has 0 aromatic carbocycles. The van der Waals surface area contributed by atoms with Crippen LogP contribution in [0.2, 0.25) is 0 Å². The second kappa shape index (κ2) is 16.4. The highest BCUT2D eigenvalue weighted by Gasteiger charge is 2.59. The van der Waals surface area contributed by atoms with Crippen molar-refractivity contribution in [2.45, 2.75) is 60.6 Å². The Kier molecular flexibility index (Phi) is 12.7. The molecule has 0 unspecified atom stereocenters. The third-order valence-corrected chi connectivity index (χ3v) is 8.43. The Morgan fingerprint density at radius 1 is 0.880 bits per heavy atom. The number of halogens is 3. The van der Waals surface area contributed by atoms with Crippen molar-refractivity contribution < 1.29 is 58.0 Å². The molecule has 3 aromatic rings. The molecule has 50 heavy (non-hydrogen) atoms. The maximum atomic E-state index is 13.7. The van der Waals surface area contributed by atoms with E-state index in [0.717, 1.165) is 27.6 Å². The first-order valence-electron chi connectivity index (χ1n) is 14.4. The summed E-state index contributed by atoms with van der Waals surface area (Å²) in [6.07, 6.45) is -6.02. The number of nitrogens with two attached hydrogens (primary N) is 2. The summed E-state index contributed by atoms with van der Waals surface area (Å²) in [5.41, 5.74) is 7.73. The average molecular weight is 739 g/mol. The van der Waals surface area contributed by atoms with Gasteiger partial charge in [0.15, 0.2) is 24.0 Å². The molecule has 0 bridgehead atoms. The highest BCUT2D eigenvalue weighted by atomic mass is 32.2. The molecule has 0 aliphatic carbocycles. The predicted molar refractivity (Wildman–Crippen MR) is 163 cm³/mol. The first-order chi connectivity index (χ1) is 23.6. The van der Waals surface area contributed by atoms with E-state index in [1.165, 1.54) is 30.2 Å². The summed E-state index contributed by atoms with van der Waals surface area (Å²) in [5.74, 6) is -4.56. The van der Waals surface area contributed by atoms with Crippen LogP contribution >= 0.6 is 11.8 Å². The van der Waals surface area contributed by atoms with Crippen molar-refractivity contribution in [3.63, 3.8) is 0 Å². The fraction of sp³-hybridized carbons (Fsp3) is 0.538. The lowest BCUT2D eigenvalue weighted by Gasteiger charge is -2.20. The normalized spacial score (nSPS) is 29.9. The van der Waals surface area contributed by atoms with Crippen LogP contribution < -0.4 is 28.5 Å². The van der Waals surface area contributed by atoms with E-state index in [4.69, 9.17) is 41.0 Å². The van der Waals surface area contributed by atoms with Crippen molar-refractivity contribution in [3.05, 3.63) is 74.2 Å². The highest BCUT2D eigenvalue weighted by Crippen LogP contribution is 2.42. The van der Waals surface area contributed by atoms with E-state index in [1.807, 2.05) is 0 Å². The molecule has 3 aliphatic rings. The van der Waals surface area contributed by atoms with E-state index in [9.17, 15) is 42.9 Å². The number of nitrogens with zero attached hydrogens (tertiary/aromatic N) is 6. The smallest absolute Gasteiger partial charge is 0.351 e. The van der Waals surface area contributed by atoms with Gasteiger partial charge in [0.1, 0.15) is 41.9 Å². The predicted octanol–water partition coefficient (Wildman–Crippen LogP) is -3.89. The van der Waals surface area contributed by atoms with Gasteiger partial charge in [-0.2, -0.15) is 18.7 Å². The molecule has 0 spiro atoms. The molecule has 3 aromatic heterocycles. The standard InChI is InChI=1S/C9H11F2N3O4.C9H12N2O5.C8H10FN3O3S/c10-9(11)6(16)4(3-15)18-7(9)14-2-1-5(12)13-8(14)17;12-4-5-6(13)7(14)8(16-5)11-3-1-2-10-9(11)15;9-4-1-12(8(14)11-7(4)10)5-3-16-6(2-13)15-5/h1-2,4,6-7,15-16H,3H2,(H2,12,13,17);1-3,5-8,12-14H,4H2;1,5-6,13H,2-3H2,(H2,10,11,14)/t4-,6-,7-;5-,6-,7-,8-;5-,6+/m110/s1. The van der Waals surface area contributed by atoms with Crippen LogP contribution in [-0.2, 0) is 14.2 Å². The van der Waals surface area contributed by atoms with Crippen LogP contribution in [-0.4, -0.2) is 127 Å². The van der Waals surface area contributed by atoms with Gasteiger partial charge in [0.2, 0.25) is 6.23 Å². The molecule has 0 saturated carbocycles. The third kappa shape index (κ3) is 8.31. The van der Waals surface area contributed by atoms with Gasteiger partial charge in [0, 0.05) is 24.3 Å². The molecule has 10 N–H and O–H groups in total. The van der Waals surface area contributed by atoms with Gasteiger partial charge >= 0.3 is 23.0 Å². The molecule has 6 heterocycles. The number of alkyl halides is 2. The maximum Gasteiger partial charge on any atom is 0.351 e. The van der Waals surface area contributed by atoms with E-state index < -0.39 is 102 Å². The van der Waals surface area contributed by atoms with Crippen molar-refractivity contribution in [1.29, 1.82) is 0 Å². The Morgan fingerprint density at radius 3 is 2.12 bits per heavy atom. The van der Waals surface area contributed by atoms with Gasteiger partial charge in [-0.1, -0.05) is 0 Å². The molecule has 0 radical (unpaired) electrons. The van der Waals surface area contributed by atoms with Gasteiger partial charge < -0.3 is 56.3 Å². The summed E-state index contributed by atoms with van der Waals surface area (Å²) < 4.78 is 58.4. The molecule has 20 nitrogen and oxygen atoms in total. The average Bonchev–Trinajstić information content (AvgIpc) is 3.74. The summed E-state index contributed by atoms with van der Waals surface area (Å²) in [6.45, 7) is -1.37. The van der Waals surface area contributed by atoms with Crippen LogP contribution in [0.25, 0.3) is 0 Å². The summed E-state index contributed by atoms with van der Waals surface area (Å²) >= 11 is 1.35. The topological polar surface area (TPSA) is 306 Å². The molecule has 9 atom stereocenters. The van der Waals surface area contributed by atoms with Gasteiger partial charge in [0.25, 0.3) is 0 Å². The summed E-state index contributed by atoms with van der Waals surface area (Å²) in [4.78, 5) is 44.3. The minimum Gasteiger partial charge on any atom is -0.394 e. The number of thioether (sulfide) groups is 1. The van der Waals surface area contributed by atoms with Crippen LogP contribution in [0, 0.1) is 5.82 Å². The van der Waals surface area contributed by atoms with Crippen molar-refractivity contribution in [1.82, 2.24) is 28.7 Å². The number of ether oxygens (including phenoxy) is 3. The Balaban J connectivity index is 0.000000169. The summed E-state index contributed by atoms with van der Waals surface area (Å²) in [7, 11) is 0. The first-order valence-corrected chi connectivity index (χ1v) is 15.4. The van der Waals surface area contributed by atoms with E-state index in [-0.39, 0.29) is 12.4 Å². The number of aliphatic hydroxyl groups is 6. The lowest BCUT2D eigenvalue weighted by atomic mass is 10.1. The second-order valence-electron chi connectivity index (χ2n) is 10.6. The first kappa shape index (κ1) is 38.8. The van der Waals surface area contributed by atoms with Crippen LogP contribution in [0.5, 0.6) is 0 Å². The van der Waals surface area contributed by atoms with Crippen LogP contribution in [0.4, 0.5) is 24.8 Å². The SMILES string of the molecule is Nc1ccn([C@@H]2O[C@H](CO)[C@@H](O)C2(F)F)c(=O)n1.Nc1nc(=O)n([C@@H]2CS[C@H](CO)O2)cc1F.O=c1ncccn1[C@@H]1O[C@H](CO)[C@@H](O)[C@H]1O. The fourth-order valence-corrected chi connectivity index (χ4v) is 5.67. The minimum absolute atomic E-state index is 0.114. The van der Waals surface area contributed by atoms with E-state index >= 15 is 0 Å². The molecule has 276 valence electrons.